The SMILES string of the molecule is O=[C]C(O)CNC(=O)c1nc[nH]c1C(=O)O. The number of aliphatic hydroxyl groups is 1. The highest BCUT2D eigenvalue weighted by molar-refractivity contribution is 6.02. The summed E-state index contributed by atoms with van der Waals surface area (Å²) in [4.78, 5) is 37.7. The second-order valence-electron chi connectivity index (χ2n) is 2.77. The number of aliphatic hydroxyl groups excluding tert-OH is 1. The van der Waals surface area contributed by atoms with E-state index in [2.05, 4.69) is 15.3 Å². The van der Waals surface area contributed by atoms with Crippen molar-refractivity contribution in [3.8, 4) is 0 Å². The summed E-state index contributed by atoms with van der Waals surface area (Å²) in [5, 5.41) is 19.6. The Morgan fingerprint density at radius 2 is 2.31 bits per heavy atom. The topological polar surface area (TPSA) is 132 Å². The molecule has 0 spiro atoms. The molecule has 0 saturated carbocycles. The number of amides is 1. The Balaban J connectivity index is 2.69. The largest absolute Gasteiger partial charge is 0.477 e. The Labute approximate surface area is 89.3 Å². The predicted molar refractivity (Wildman–Crippen MR) is 49.6 cm³/mol. The molecule has 1 unspecified atom stereocenters. The molecule has 1 aromatic rings. The number of nitrogens with one attached hydrogen (secondary N) is 2. The lowest BCUT2D eigenvalue weighted by molar-refractivity contribution is 0.0684. The maximum atomic E-state index is 11.4. The Morgan fingerprint density at radius 1 is 1.62 bits per heavy atom. The number of imidazole rings is 1. The first-order valence-corrected chi connectivity index (χ1v) is 4.17. The number of aromatic nitrogens is 2. The normalized spacial score (nSPS) is 11.8. The van der Waals surface area contributed by atoms with Gasteiger partial charge in [0.1, 0.15) is 6.10 Å². The molecule has 0 fully saturated rings. The van der Waals surface area contributed by atoms with Crippen molar-refractivity contribution in [1.29, 1.82) is 0 Å². The molecule has 0 aliphatic heterocycles. The lowest BCUT2D eigenvalue weighted by Crippen LogP contribution is -2.33. The van der Waals surface area contributed by atoms with Gasteiger partial charge in [0.25, 0.3) is 5.91 Å². The Hall–Kier alpha value is -2.22. The van der Waals surface area contributed by atoms with E-state index in [1.165, 1.54) is 6.29 Å². The van der Waals surface area contributed by atoms with Crippen molar-refractivity contribution in [2.24, 2.45) is 0 Å². The van der Waals surface area contributed by atoms with Crippen molar-refractivity contribution in [3.63, 3.8) is 0 Å². The zero-order chi connectivity index (χ0) is 12.1. The number of carbonyl (C=O) groups excluding carboxylic acids is 2. The summed E-state index contributed by atoms with van der Waals surface area (Å²) >= 11 is 0. The van der Waals surface area contributed by atoms with Crippen molar-refractivity contribution in [1.82, 2.24) is 15.3 Å². The maximum Gasteiger partial charge on any atom is 0.354 e. The predicted octanol–water partition coefficient (Wildman–Crippen LogP) is -1.69. The second-order valence-corrected chi connectivity index (χ2v) is 2.77. The molecule has 1 heterocycles. The highest BCUT2D eigenvalue weighted by Crippen LogP contribution is 2.02. The van der Waals surface area contributed by atoms with Crippen LogP contribution >= 0.6 is 0 Å². The summed E-state index contributed by atoms with van der Waals surface area (Å²) in [5.74, 6) is -2.13. The molecule has 0 aromatic carbocycles. The van der Waals surface area contributed by atoms with E-state index in [0.29, 0.717) is 0 Å². The third-order valence-electron chi connectivity index (χ3n) is 1.66. The molecular formula is C8H8N3O5. The van der Waals surface area contributed by atoms with E-state index >= 15 is 0 Å². The summed E-state index contributed by atoms with van der Waals surface area (Å²) in [5.41, 5.74) is -0.673. The lowest BCUT2D eigenvalue weighted by Gasteiger charge is -2.04. The van der Waals surface area contributed by atoms with E-state index in [4.69, 9.17) is 10.2 Å². The molecule has 0 aliphatic carbocycles. The van der Waals surface area contributed by atoms with Gasteiger partial charge >= 0.3 is 5.97 Å². The standard InChI is InChI=1S/C8H8N3O5/c12-2-4(13)1-9-7(14)5-6(8(15)16)11-3-10-5/h3-4,13H,1H2,(H,9,14)(H,10,11)(H,15,16). The minimum atomic E-state index is -1.45. The maximum absolute atomic E-state index is 11.4. The van der Waals surface area contributed by atoms with Crippen LogP contribution in [0.4, 0.5) is 0 Å². The third-order valence-corrected chi connectivity index (χ3v) is 1.66. The van der Waals surface area contributed by atoms with Crippen LogP contribution in [-0.4, -0.2) is 51.0 Å². The second kappa shape index (κ2) is 5.03. The number of carboxylic acids is 1. The third kappa shape index (κ3) is 2.64. The van der Waals surface area contributed by atoms with Crippen LogP contribution in [0, 0.1) is 0 Å². The van der Waals surface area contributed by atoms with E-state index in [-0.39, 0.29) is 17.9 Å². The van der Waals surface area contributed by atoms with Crippen LogP contribution in [0.1, 0.15) is 21.0 Å². The summed E-state index contributed by atoms with van der Waals surface area (Å²) < 4.78 is 0. The molecule has 1 rings (SSSR count). The van der Waals surface area contributed by atoms with Crippen LogP contribution in [0.3, 0.4) is 0 Å². The number of aromatic carboxylic acids is 1. The van der Waals surface area contributed by atoms with Gasteiger partial charge in [0.05, 0.1) is 12.9 Å². The zero-order valence-corrected chi connectivity index (χ0v) is 7.93. The molecular weight excluding hydrogens is 218 g/mol. The van der Waals surface area contributed by atoms with Gasteiger partial charge in [-0.3, -0.25) is 9.59 Å². The zero-order valence-electron chi connectivity index (χ0n) is 7.93. The lowest BCUT2D eigenvalue weighted by atomic mass is 10.3. The molecule has 1 amide bonds. The number of hydrogen-bond acceptors (Lipinski definition) is 5. The molecule has 0 saturated heterocycles. The van der Waals surface area contributed by atoms with Crippen molar-refractivity contribution in [3.05, 3.63) is 17.7 Å². The van der Waals surface area contributed by atoms with Gasteiger partial charge in [-0.05, 0) is 0 Å². The van der Waals surface area contributed by atoms with Crippen LogP contribution in [0.2, 0.25) is 0 Å². The first-order chi connectivity index (χ1) is 7.56. The average Bonchev–Trinajstić information content (AvgIpc) is 2.74. The molecule has 8 nitrogen and oxygen atoms in total. The Kier molecular flexibility index (Phi) is 3.72. The molecule has 4 N–H and O–H groups in total. The van der Waals surface area contributed by atoms with Gasteiger partial charge in [0.15, 0.2) is 11.4 Å². The number of rotatable bonds is 5. The van der Waals surface area contributed by atoms with Gasteiger partial charge in [0, 0.05) is 0 Å². The Morgan fingerprint density at radius 3 is 2.88 bits per heavy atom. The fourth-order valence-corrected chi connectivity index (χ4v) is 0.944. The van der Waals surface area contributed by atoms with E-state index in [1.807, 2.05) is 0 Å². The van der Waals surface area contributed by atoms with Crippen LogP contribution in [0.25, 0.3) is 0 Å². The van der Waals surface area contributed by atoms with Crippen LogP contribution in [-0.2, 0) is 4.79 Å². The number of aromatic amines is 1. The van der Waals surface area contributed by atoms with Crippen LogP contribution < -0.4 is 5.32 Å². The van der Waals surface area contributed by atoms with Crippen LogP contribution in [0.15, 0.2) is 6.33 Å². The number of nitrogens with zero attached hydrogens (tertiary/aromatic N) is 1. The minimum Gasteiger partial charge on any atom is -0.477 e. The molecule has 0 bridgehead atoms. The number of carbonyl (C=O) groups is 2. The van der Waals surface area contributed by atoms with Gasteiger partial charge in [-0.1, -0.05) is 0 Å². The van der Waals surface area contributed by atoms with Gasteiger partial charge < -0.3 is 20.5 Å². The molecule has 1 aromatic heterocycles. The van der Waals surface area contributed by atoms with Crippen LogP contribution in [0.5, 0.6) is 0 Å². The molecule has 85 valence electrons. The molecule has 1 atom stereocenters. The molecule has 16 heavy (non-hydrogen) atoms. The minimum absolute atomic E-state index is 0.314. The van der Waals surface area contributed by atoms with E-state index in [9.17, 15) is 14.4 Å². The van der Waals surface area contributed by atoms with Gasteiger partial charge in [0.2, 0.25) is 6.29 Å². The fraction of sp³-hybridized carbons (Fsp3) is 0.250. The van der Waals surface area contributed by atoms with E-state index < -0.39 is 18.0 Å². The first-order valence-electron chi connectivity index (χ1n) is 4.17. The highest BCUT2D eigenvalue weighted by atomic mass is 16.4. The summed E-state index contributed by atoms with van der Waals surface area (Å²) in [6, 6.07) is 0. The van der Waals surface area contributed by atoms with Gasteiger partial charge in [-0.15, -0.1) is 0 Å². The summed E-state index contributed by atoms with van der Waals surface area (Å²) in [6.07, 6.45) is 0.857. The van der Waals surface area contributed by atoms with E-state index in [0.717, 1.165) is 6.33 Å². The van der Waals surface area contributed by atoms with Gasteiger partial charge in [-0.2, -0.15) is 0 Å². The van der Waals surface area contributed by atoms with Crippen molar-refractivity contribution < 1.29 is 24.6 Å². The molecule has 0 aliphatic rings. The monoisotopic (exact) mass is 226 g/mol. The van der Waals surface area contributed by atoms with E-state index in [1.54, 1.807) is 0 Å². The van der Waals surface area contributed by atoms with Gasteiger partial charge in [-0.25, -0.2) is 9.78 Å². The quantitative estimate of drug-likeness (QED) is 0.473. The number of hydrogen-bond donors (Lipinski definition) is 4. The first kappa shape index (κ1) is 11.9. The number of carboxylic acid groups (broad SMARTS) is 1. The fourth-order valence-electron chi connectivity index (χ4n) is 0.944. The Bertz CT molecular complexity index is 414. The van der Waals surface area contributed by atoms with Crippen molar-refractivity contribution >= 4 is 18.2 Å². The smallest absolute Gasteiger partial charge is 0.354 e. The van der Waals surface area contributed by atoms with Crippen molar-refractivity contribution in [2.75, 3.05) is 6.54 Å². The summed E-state index contributed by atoms with van der Waals surface area (Å²) in [7, 11) is 0. The average molecular weight is 226 g/mol. The number of H-pyrrole nitrogens is 1. The van der Waals surface area contributed by atoms with Crippen molar-refractivity contribution in [2.45, 2.75) is 6.10 Å². The molecule has 8 heteroatoms. The molecule has 1 radical (unpaired) electrons. The summed E-state index contributed by atoms with van der Waals surface area (Å²) in [6.45, 7) is -0.353. The highest BCUT2D eigenvalue weighted by Gasteiger charge is 2.19.